The third kappa shape index (κ3) is 4.66. The van der Waals surface area contributed by atoms with Crippen LogP contribution in [0.1, 0.15) is 17.3 Å². The van der Waals surface area contributed by atoms with Gasteiger partial charge in [-0.1, -0.05) is 12.1 Å². The van der Waals surface area contributed by atoms with Crippen molar-refractivity contribution in [2.24, 2.45) is 0 Å². The Hall–Kier alpha value is -3.39. The maximum Gasteiger partial charge on any atom is 0.257 e. The molecule has 0 unspecified atom stereocenters. The topological polar surface area (TPSA) is 89.6 Å². The van der Waals surface area contributed by atoms with Crippen molar-refractivity contribution in [3.63, 3.8) is 0 Å². The van der Waals surface area contributed by atoms with Gasteiger partial charge in [0.2, 0.25) is 5.91 Å². The SMILES string of the molecule is COc1cc(OC)cc(C(=O)Nc2nc(-c3ccc(NC(C)=O)cc3)cs2)c1. The van der Waals surface area contributed by atoms with E-state index in [1.807, 2.05) is 17.5 Å². The Balaban J connectivity index is 1.74. The Morgan fingerprint density at radius 3 is 2.18 bits per heavy atom. The number of ether oxygens (including phenoxy) is 2. The Morgan fingerprint density at radius 1 is 0.964 bits per heavy atom. The van der Waals surface area contributed by atoms with Gasteiger partial charge in [-0.2, -0.15) is 0 Å². The first-order valence-electron chi connectivity index (χ1n) is 8.36. The third-order valence-electron chi connectivity index (χ3n) is 3.84. The van der Waals surface area contributed by atoms with Crippen LogP contribution < -0.4 is 20.1 Å². The molecule has 3 aromatic rings. The Morgan fingerprint density at radius 2 is 1.61 bits per heavy atom. The minimum atomic E-state index is -0.306. The molecule has 3 rings (SSSR count). The molecule has 0 bridgehead atoms. The number of carbonyl (C=O) groups excluding carboxylic acids is 2. The number of methoxy groups -OCH3 is 2. The first kappa shape index (κ1) is 19.4. The Kier molecular flexibility index (Phi) is 5.90. The van der Waals surface area contributed by atoms with E-state index < -0.39 is 0 Å². The van der Waals surface area contributed by atoms with E-state index in [9.17, 15) is 9.59 Å². The van der Waals surface area contributed by atoms with Gasteiger partial charge < -0.3 is 14.8 Å². The molecule has 7 nitrogen and oxygen atoms in total. The summed E-state index contributed by atoms with van der Waals surface area (Å²) in [4.78, 5) is 28.1. The van der Waals surface area contributed by atoms with Crippen molar-refractivity contribution in [3.05, 3.63) is 53.4 Å². The summed E-state index contributed by atoms with van der Waals surface area (Å²) in [5.74, 6) is 0.631. The number of hydrogen-bond donors (Lipinski definition) is 2. The fourth-order valence-electron chi connectivity index (χ4n) is 2.50. The van der Waals surface area contributed by atoms with E-state index in [0.717, 1.165) is 11.3 Å². The number of carbonyl (C=O) groups is 2. The van der Waals surface area contributed by atoms with E-state index >= 15 is 0 Å². The molecule has 28 heavy (non-hydrogen) atoms. The lowest BCUT2D eigenvalue weighted by atomic mass is 10.1. The molecule has 2 amide bonds. The number of nitrogens with one attached hydrogen (secondary N) is 2. The van der Waals surface area contributed by atoms with Gasteiger partial charge in [0, 0.05) is 35.2 Å². The minimum absolute atomic E-state index is 0.124. The summed E-state index contributed by atoms with van der Waals surface area (Å²) in [7, 11) is 3.06. The minimum Gasteiger partial charge on any atom is -0.497 e. The molecular formula is C20H19N3O4S. The smallest absolute Gasteiger partial charge is 0.257 e. The van der Waals surface area contributed by atoms with Gasteiger partial charge in [-0.25, -0.2) is 4.98 Å². The molecule has 2 N–H and O–H groups in total. The van der Waals surface area contributed by atoms with Crippen LogP contribution in [0.3, 0.4) is 0 Å². The summed E-state index contributed by atoms with van der Waals surface area (Å²) in [5, 5.41) is 7.84. The van der Waals surface area contributed by atoms with Crippen molar-refractivity contribution < 1.29 is 19.1 Å². The van der Waals surface area contributed by atoms with Crippen molar-refractivity contribution >= 4 is 34.0 Å². The second-order valence-corrected chi connectivity index (χ2v) is 6.71. The van der Waals surface area contributed by atoms with Crippen molar-refractivity contribution in [1.29, 1.82) is 0 Å². The molecule has 1 aromatic heterocycles. The van der Waals surface area contributed by atoms with Crippen molar-refractivity contribution in [2.75, 3.05) is 24.9 Å². The molecule has 0 aliphatic carbocycles. The summed E-state index contributed by atoms with van der Waals surface area (Å²) in [6.45, 7) is 1.46. The molecule has 1 heterocycles. The molecule has 0 radical (unpaired) electrons. The van der Waals surface area contributed by atoms with Gasteiger partial charge in [0.05, 0.1) is 19.9 Å². The summed E-state index contributed by atoms with van der Waals surface area (Å²) in [5.41, 5.74) is 2.74. The van der Waals surface area contributed by atoms with E-state index in [1.54, 1.807) is 30.3 Å². The number of nitrogens with zero attached hydrogens (tertiary/aromatic N) is 1. The highest BCUT2D eigenvalue weighted by molar-refractivity contribution is 7.14. The number of anilines is 2. The van der Waals surface area contributed by atoms with Crippen LogP contribution in [0, 0.1) is 0 Å². The van der Waals surface area contributed by atoms with Crippen LogP contribution >= 0.6 is 11.3 Å². The molecule has 0 saturated heterocycles. The number of benzene rings is 2. The number of rotatable bonds is 6. The van der Waals surface area contributed by atoms with E-state index in [-0.39, 0.29) is 11.8 Å². The summed E-state index contributed by atoms with van der Waals surface area (Å²) in [6, 6.07) is 12.3. The maximum atomic E-state index is 12.5. The lowest BCUT2D eigenvalue weighted by Gasteiger charge is -2.08. The van der Waals surface area contributed by atoms with Crippen LogP contribution in [0.25, 0.3) is 11.3 Å². The molecule has 8 heteroatoms. The number of thiazole rings is 1. The Labute approximate surface area is 166 Å². The average molecular weight is 397 g/mol. The predicted octanol–water partition coefficient (Wildman–Crippen LogP) is 4.04. The highest BCUT2D eigenvalue weighted by atomic mass is 32.1. The van der Waals surface area contributed by atoms with Crippen LogP contribution in [0.5, 0.6) is 11.5 Å². The van der Waals surface area contributed by atoms with Gasteiger partial charge >= 0.3 is 0 Å². The molecule has 2 aromatic carbocycles. The number of hydrogen-bond acceptors (Lipinski definition) is 6. The number of aromatic nitrogens is 1. The molecule has 0 spiro atoms. The highest BCUT2D eigenvalue weighted by Gasteiger charge is 2.13. The molecular weight excluding hydrogens is 378 g/mol. The summed E-state index contributed by atoms with van der Waals surface area (Å²) in [6.07, 6.45) is 0. The average Bonchev–Trinajstić information content (AvgIpc) is 3.16. The monoisotopic (exact) mass is 397 g/mol. The van der Waals surface area contributed by atoms with Gasteiger partial charge in [-0.05, 0) is 24.3 Å². The van der Waals surface area contributed by atoms with Gasteiger partial charge in [-0.15, -0.1) is 11.3 Å². The van der Waals surface area contributed by atoms with Crippen LogP contribution in [0.4, 0.5) is 10.8 Å². The van der Waals surface area contributed by atoms with Gasteiger partial charge in [0.1, 0.15) is 11.5 Å². The zero-order valence-corrected chi connectivity index (χ0v) is 16.4. The first-order chi connectivity index (χ1) is 13.5. The predicted molar refractivity (Wildman–Crippen MR) is 109 cm³/mol. The van der Waals surface area contributed by atoms with E-state index in [4.69, 9.17) is 9.47 Å². The van der Waals surface area contributed by atoms with Gasteiger partial charge in [0.25, 0.3) is 5.91 Å². The lowest BCUT2D eigenvalue weighted by molar-refractivity contribution is -0.114. The van der Waals surface area contributed by atoms with Crippen LogP contribution in [0.15, 0.2) is 47.8 Å². The highest BCUT2D eigenvalue weighted by Crippen LogP contribution is 2.27. The summed E-state index contributed by atoms with van der Waals surface area (Å²) < 4.78 is 10.4. The standard InChI is InChI=1S/C20H19N3O4S/c1-12(24)21-15-6-4-13(5-7-15)18-11-28-20(22-18)23-19(25)14-8-16(26-2)10-17(9-14)27-3/h4-11H,1-3H3,(H,21,24)(H,22,23,25). The third-order valence-corrected chi connectivity index (χ3v) is 4.60. The quantitative estimate of drug-likeness (QED) is 0.655. The maximum absolute atomic E-state index is 12.5. The fraction of sp³-hybridized carbons (Fsp3) is 0.150. The number of amides is 2. The fourth-order valence-corrected chi connectivity index (χ4v) is 3.21. The van der Waals surface area contributed by atoms with Crippen LogP contribution in [-0.4, -0.2) is 31.0 Å². The van der Waals surface area contributed by atoms with Crippen molar-refractivity contribution in [3.8, 4) is 22.8 Å². The second kappa shape index (κ2) is 8.53. The zero-order chi connectivity index (χ0) is 20.1. The van der Waals surface area contributed by atoms with Gasteiger partial charge in [0.15, 0.2) is 5.13 Å². The normalized spacial score (nSPS) is 10.2. The molecule has 0 saturated carbocycles. The molecule has 144 valence electrons. The van der Waals surface area contributed by atoms with E-state index in [2.05, 4.69) is 15.6 Å². The molecule has 0 atom stereocenters. The summed E-state index contributed by atoms with van der Waals surface area (Å²) >= 11 is 1.33. The second-order valence-electron chi connectivity index (χ2n) is 5.85. The van der Waals surface area contributed by atoms with Gasteiger partial charge in [-0.3, -0.25) is 14.9 Å². The molecule has 0 fully saturated rings. The van der Waals surface area contributed by atoms with Crippen molar-refractivity contribution in [1.82, 2.24) is 4.98 Å². The Bertz CT molecular complexity index is 977. The lowest BCUT2D eigenvalue weighted by Crippen LogP contribution is -2.12. The van der Waals surface area contributed by atoms with E-state index in [0.29, 0.717) is 27.9 Å². The van der Waals surface area contributed by atoms with Crippen LogP contribution in [0.2, 0.25) is 0 Å². The van der Waals surface area contributed by atoms with Crippen molar-refractivity contribution in [2.45, 2.75) is 6.92 Å². The van der Waals surface area contributed by atoms with Crippen LogP contribution in [-0.2, 0) is 4.79 Å². The molecule has 0 aliphatic heterocycles. The largest absolute Gasteiger partial charge is 0.497 e. The zero-order valence-electron chi connectivity index (χ0n) is 15.6. The molecule has 0 aliphatic rings. The first-order valence-corrected chi connectivity index (χ1v) is 9.24. The van der Waals surface area contributed by atoms with E-state index in [1.165, 1.54) is 32.5 Å².